The predicted octanol–water partition coefficient (Wildman–Crippen LogP) is 6.49. The van der Waals surface area contributed by atoms with Gasteiger partial charge in [0.15, 0.2) is 0 Å². The van der Waals surface area contributed by atoms with E-state index in [1.165, 1.54) is 0 Å². The number of aliphatic hydroxyl groups is 1. The largest absolute Gasteiger partial charge is 0.491 e. The van der Waals surface area contributed by atoms with Gasteiger partial charge in [0, 0.05) is 5.02 Å². The lowest BCUT2D eigenvalue weighted by Crippen LogP contribution is -2.25. The average molecular weight is 485 g/mol. The maximum atomic E-state index is 10.8. The van der Waals surface area contributed by atoms with Crippen molar-refractivity contribution in [2.45, 2.75) is 39.0 Å². The van der Waals surface area contributed by atoms with E-state index in [2.05, 4.69) is 13.8 Å². The van der Waals surface area contributed by atoms with E-state index in [1.807, 2.05) is 53.1 Å². The Balaban J connectivity index is 1.50. The summed E-state index contributed by atoms with van der Waals surface area (Å²) < 4.78 is 13.8. The maximum absolute atomic E-state index is 10.8. The van der Waals surface area contributed by atoms with Crippen LogP contribution >= 0.6 is 23.2 Å². The summed E-state index contributed by atoms with van der Waals surface area (Å²) in [5.74, 6) is 2.33. The van der Waals surface area contributed by atoms with Crippen molar-refractivity contribution in [3.8, 4) is 11.5 Å². The molecule has 3 aromatic carbocycles. The van der Waals surface area contributed by atoms with Crippen molar-refractivity contribution in [3.05, 3.63) is 88.2 Å². The Morgan fingerprint density at radius 2 is 1.70 bits per heavy atom. The molecule has 7 heteroatoms. The molecule has 0 aliphatic heterocycles. The molecule has 0 amide bonds. The molecule has 172 valence electrons. The van der Waals surface area contributed by atoms with Gasteiger partial charge in [-0.2, -0.15) is 0 Å². The first-order valence-corrected chi connectivity index (χ1v) is 11.6. The van der Waals surface area contributed by atoms with Gasteiger partial charge >= 0.3 is 0 Å². The normalized spacial score (nSPS) is 12.3. The van der Waals surface area contributed by atoms with Crippen LogP contribution in [0.15, 0.2) is 66.7 Å². The van der Waals surface area contributed by atoms with E-state index < -0.39 is 6.10 Å². The van der Waals surface area contributed by atoms with Gasteiger partial charge in [-0.25, -0.2) is 4.98 Å². The molecule has 1 N–H and O–H groups in total. The number of hydrogen-bond acceptors (Lipinski definition) is 4. The first-order valence-electron chi connectivity index (χ1n) is 10.8. The summed E-state index contributed by atoms with van der Waals surface area (Å²) in [6.45, 7) is 4.92. The Morgan fingerprint density at radius 1 is 0.939 bits per heavy atom. The van der Waals surface area contributed by atoms with E-state index in [0.29, 0.717) is 34.1 Å². The molecule has 1 atom stereocenters. The van der Waals surface area contributed by atoms with Crippen molar-refractivity contribution in [1.29, 1.82) is 0 Å². The molecule has 0 bridgehead atoms. The van der Waals surface area contributed by atoms with Crippen LogP contribution in [0.4, 0.5) is 0 Å². The lowest BCUT2D eigenvalue weighted by molar-refractivity contribution is 0.0911. The predicted molar refractivity (Wildman–Crippen MR) is 133 cm³/mol. The number of halogens is 2. The van der Waals surface area contributed by atoms with E-state index >= 15 is 0 Å². The van der Waals surface area contributed by atoms with Gasteiger partial charge in [0.05, 0.1) is 22.6 Å². The number of benzene rings is 3. The standard InChI is InChI=1S/C26H26Cl2N2O3/c1-17(2)20-7-3-6-10-24(20)32-15-19(31)14-30-23-9-5-4-8-22(23)29-26(30)16-33-25-12-11-18(27)13-21(25)28/h3-13,17,19,31H,14-16H2,1-2H3. The van der Waals surface area contributed by atoms with Crippen LogP contribution in [0.1, 0.15) is 31.2 Å². The minimum Gasteiger partial charge on any atom is -0.491 e. The summed E-state index contributed by atoms with van der Waals surface area (Å²) in [7, 11) is 0. The summed E-state index contributed by atoms with van der Waals surface area (Å²) in [5, 5.41) is 11.8. The van der Waals surface area contributed by atoms with Gasteiger partial charge in [0.2, 0.25) is 0 Å². The number of fused-ring (bicyclic) bond motifs is 1. The first-order chi connectivity index (χ1) is 15.9. The maximum Gasteiger partial charge on any atom is 0.148 e. The van der Waals surface area contributed by atoms with Crippen LogP contribution in [0.5, 0.6) is 11.5 Å². The second-order valence-corrected chi connectivity index (χ2v) is 8.99. The highest BCUT2D eigenvalue weighted by Gasteiger charge is 2.17. The van der Waals surface area contributed by atoms with Crippen molar-refractivity contribution >= 4 is 34.2 Å². The lowest BCUT2D eigenvalue weighted by Gasteiger charge is -2.18. The fourth-order valence-corrected chi connectivity index (χ4v) is 4.18. The molecule has 0 spiro atoms. The van der Waals surface area contributed by atoms with Crippen LogP contribution in [0.3, 0.4) is 0 Å². The van der Waals surface area contributed by atoms with Crippen LogP contribution in [-0.2, 0) is 13.2 Å². The van der Waals surface area contributed by atoms with Crippen LogP contribution in [0, 0.1) is 0 Å². The minimum atomic E-state index is -0.735. The topological polar surface area (TPSA) is 56.5 Å². The number of imidazole rings is 1. The molecule has 0 radical (unpaired) electrons. The third-order valence-corrected chi connectivity index (χ3v) is 5.88. The fraction of sp³-hybridized carbons (Fsp3) is 0.269. The molecule has 0 aliphatic rings. The van der Waals surface area contributed by atoms with Crippen molar-refractivity contribution in [2.24, 2.45) is 0 Å². The summed E-state index contributed by atoms with van der Waals surface area (Å²) in [6.07, 6.45) is -0.735. The number of ether oxygens (including phenoxy) is 2. The molecular formula is C26H26Cl2N2O3. The minimum absolute atomic E-state index is 0.166. The van der Waals surface area contributed by atoms with Gasteiger partial charge in [-0.05, 0) is 47.9 Å². The molecule has 0 fully saturated rings. The molecule has 0 saturated carbocycles. The smallest absolute Gasteiger partial charge is 0.148 e. The molecule has 33 heavy (non-hydrogen) atoms. The van der Waals surface area contributed by atoms with Gasteiger partial charge in [-0.3, -0.25) is 0 Å². The zero-order valence-electron chi connectivity index (χ0n) is 18.5. The number of aliphatic hydroxyl groups excluding tert-OH is 1. The van der Waals surface area contributed by atoms with Crippen LogP contribution < -0.4 is 9.47 Å². The number of para-hydroxylation sites is 3. The Kier molecular flexibility index (Phi) is 7.43. The number of aromatic nitrogens is 2. The second-order valence-electron chi connectivity index (χ2n) is 8.15. The molecule has 4 rings (SSSR count). The molecule has 4 aromatic rings. The van der Waals surface area contributed by atoms with E-state index in [1.54, 1.807) is 18.2 Å². The average Bonchev–Trinajstić information content (AvgIpc) is 3.14. The molecule has 5 nitrogen and oxygen atoms in total. The molecule has 1 unspecified atom stereocenters. The summed E-state index contributed by atoms with van der Waals surface area (Å²) in [4.78, 5) is 4.70. The quantitative estimate of drug-likeness (QED) is 0.295. The number of rotatable bonds is 9. The Morgan fingerprint density at radius 3 is 2.48 bits per heavy atom. The van der Waals surface area contributed by atoms with Crippen LogP contribution in [0.2, 0.25) is 10.0 Å². The molecule has 0 saturated heterocycles. The third kappa shape index (κ3) is 5.61. The van der Waals surface area contributed by atoms with E-state index in [-0.39, 0.29) is 13.2 Å². The second kappa shape index (κ2) is 10.5. The summed E-state index contributed by atoms with van der Waals surface area (Å²) >= 11 is 12.2. The van der Waals surface area contributed by atoms with Gasteiger partial charge in [0.25, 0.3) is 0 Å². The first kappa shape index (κ1) is 23.4. The fourth-order valence-electron chi connectivity index (χ4n) is 3.71. The molecule has 0 aliphatic carbocycles. The number of nitrogens with zero attached hydrogens (tertiary/aromatic N) is 2. The van der Waals surface area contributed by atoms with Gasteiger partial charge < -0.3 is 19.1 Å². The zero-order chi connectivity index (χ0) is 23.4. The van der Waals surface area contributed by atoms with Crippen LogP contribution in [-0.4, -0.2) is 27.4 Å². The Bertz CT molecular complexity index is 1240. The van der Waals surface area contributed by atoms with Gasteiger partial charge in [0.1, 0.15) is 36.6 Å². The van der Waals surface area contributed by atoms with Crippen molar-refractivity contribution < 1.29 is 14.6 Å². The van der Waals surface area contributed by atoms with E-state index in [0.717, 1.165) is 22.3 Å². The summed E-state index contributed by atoms with van der Waals surface area (Å²) in [6, 6.07) is 20.8. The lowest BCUT2D eigenvalue weighted by atomic mass is 10.0. The molecular weight excluding hydrogens is 459 g/mol. The molecule has 1 aromatic heterocycles. The van der Waals surface area contributed by atoms with Crippen molar-refractivity contribution in [1.82, 2.24) is 9.55 Å². The monoisotopic (exact) mass is 484 g/mol. The Hall–Kier alpha value is -2.73. The third-order valence-electron chi connectivity index (χ3n) is 5.35. The van der Waals surface area contributed by atoms with E-state index in [9.17, 15) is 5.11 Å². The van der Waals surface area contributed by atoms with Crippen molar-refractivity contribution in [3.63, 3.8) is 0 Å². The highest BCUT2D eigenvalue weighted by atomic mass is 35.5. The van der Waals surface area contributed by atoms with Gasteiger partial charge in [-0.15, -0.1) is 0 Å². The highest BCUT2D eigenvalue weighted by Crippen LogP contribution is 2.29. The zero-order valence-corrected chi connectivity index (χ0v) is 20.1. The van der Waals surface area contributed by atoms with E-state index in [4.69, 9.17) is 37.7 Å². The number of hydrogen-bond donors (Lipinski definition) is 1. The van der Waals surface area contributed by atoms with Crippen LogP contribution in [0.25, 0.3) is 11.0 Å². The SMILES string of the molecule is CC(C)c1ccccc1OCC(O)Cn1c(COc2ccc(Cl)cc2Cl)nc2ccccc21. The summed E-state index contributed by atoms with van der Waals surface area (Å²) in [5.41, 5.74) is 2.86. The van der Waals surface area contributed by atoms with Crippen molar-refractivity contribution in [2.75, 3.05) is 6.61 Å². The molecule has 1 heterocycles. The highest BCUT2D eigenvalue weighted by molar-refractivity contribution is 6.35. The Labute approximate surface area is 203 Å². The van der Waals surface area contributed by atoms with Gasteiger partial charge in [-0.1, -0.05) is 67.4 Å².